The molecule has 0 aromatic heterocycles. The molecule has 1 atom stereocenters. The van der Waals surface area contributed by atoms with E-state index in [0.717, 1.165) is 19.0 Å². The zero-order valence-electron chi connectivity index (χ0n) is 4.48. The van der Waals surface area contributed by atoms with Gasteiger partial charge in [-0.2, -0.15) is 0 Å². The van der Waals surface area contributed by atoms with E-state index in [1.807, 2.05) is 0 Å². The second-order valence-corrected chi connectivity index (χ2v) is 2.09. The van der Waals surface area contributed by atoms with Crippen molar-refractivity contribution in [3.05, 3.63) is 0 Å². The van der Waals surface area contributed by atoms with Gasteiger partial charge in [-0.15, -0.1) is 0 Å². The average Bonchev–Trinajstić information content (AvgIpc) is 2.14. The molecular weight excluding hydrogens is 100 g/mol. The summed E-state index contributed by atoms with van der Waals surface area (Å²) in [5.74, 6) is 0.764. The van der Waals surface area contributed by atoms with Crippen molar-refractivity contribution in [2.45, 2.75) is 13.8 Å². The molecule has 50 valence electrons. The van der Waals surface area contributed by atoms with Crippen LogP contribution >= 0.6 is 0 Å². The lowest BCUT2D eigenvalue weighted by atomic mass is 10.1. The van der Waals surface area contributed by atoms with Crippen LogP contribution in [-0.4, -0.2) is 19.6 Å². The van der Waals surface area contributed by atoms with Crippen LogP contribution in [0.3, 0.4) is 0 Å². The molecule has 1 saturated heterocycles. The van der Waals surface area contributed by atoms with Gasteiger partial charge >= 0.3 is 0 Å². The van der Waals surface area contributed by atoms with Crippen LogP contribution in [-0.2, 0) is 0 Å². The fraction of sp³-hybridized carbons (Fsp3) is 1.00. The second-order valence-electron chi connectivity index (χ2n) is 2.09. The first-order chi connectivity index (χ1) is 3.43. The summed E-state index contributed by atoms with van der Waals surface area (Å²) in [6.45, 7) is 3.16. The van der Waals surface area contributed by atoms with E-state index in [9.17, 15) is 0 Å². The minimum Gasteiger partial charge on any atom is -0.330 e. The molecule has 0 aromatic rings. The Labute approximate surface area is 51.5 Å². The highest BCUT2D eigenvalue weighted by Gasteiger charge is 2.10. The molecule has 1 aliphatic rings. The molecule has 1 unspecified atom stereocenters. The zero-order chi connectivity index (χ0) is 5.11. The number of rotatable bonds is 1. The highest BCUT2D eigenvalue weighted by molar-refractivity contribution is 4.70. The van der Waals surface area contributed by atoms with Gasteiger partial charge in [-0.25, -0.2) is 0 Å². The van der Waals surface area contributed by atoms with Gasteiger partial charge in [0.2, 0.25) is 0 Å². The average molecular weight is 116 g/mol. The third kappa shape index (κ3) is 1.80. The van der Waals surface area contributed by atoms with Crippen molar-refractivity contribution in [1.82, 2.24) is 5.32 Å². The molecule has 0 radical (unpaired) electrons. The van der Waals surface area contributed by atoms with E-state index in [1.54, 1.807) is 0 Å². The highest BCUT2D eigenvalue weighted by atomic mass is 14.9. The monoisotopic (exact) mass is 116 g/mol. The van der Waals surface area contributed by atoms with Crippen molar-refractivity contribution >= 4 is 0 Å². The summed E-state index contributed by atoms with van der Waals surface area (Å²) < 4.78 is 0. The van der Waals surface area contributed by atoms with Gasteiger partial charge in [-0.1, -0.05) is 7.43 Å². The Morgan fingerprint density at radius 1 is 1.62 bits per heavy atom. The van der Waals surface area contributed by atoms with E-state index in [-0.39, 0.29) is 7.43 Å². The topological polar surface area (TPSA) is 38.0 Å². The van der Waals surface area contributed by atoms with Gasteiger partial charge in [-0.05, 0) is 32.0 Å². The zero-order valence-corrected chi connectivity index (χ0v) is 4.48. The Morgan fingerprint density at radius 3 is 2.62 bits per heavy atom. The normalized spacial score (nSPS) is 27.4. The summed E-state index contributed by atoms with van der Waals surface area (Å²) >= 11 is 0. The Hall–Kier alpha value is -0.0800. The fourth-order valence-electron chi connectivity index (χ4n) is 0.916. The molecule has 1 fully saturated rings. The maximum atomic E-state index is 5.39. The lowest BCUT2D eigenvalue weighted by molar-refractivity contribution is 0.596. The molecule has 8 heavy (non-hydrogen) atoms. The van der Waals surface area contributed by atoms with Crippen LogP contribution in [0.15, 0.2) is 0 Å². The van der Waals surface area contributed by atoms with E-state index in [4.69, 9.17) is 5.73 Å². The summed E-state index contributed by atoms with van der Waals surface area (Å²) in [4.78, 5) is 0. The summed E-state index contributed by atoms with van der Waals surface area (Å²) in [7, 11) is 0. The van der Waals surface area contributed by atoms with E-state index in [2.05, 4.69) is 5.32 Å². The number of hydrogen-bond acceptors (Lipinski definition) is 2. The standard InChI is InChI=1S/C5H12N2.CH4/c6-3-5-1-2-7-4-5;/h5,7H,1-4,6H2;1H4. The van der Waals surface area contributed by atoms with Gasteiger partial charge in [0, 0.05) is 0 Å². The first-order valence-electron chi connectivity index (χ1n) is 2.84. The molecule has 3 N–H and O–H groups in total. The lowest BCUT2D eigenvalue weighted by Gasteiger charge is -1.98. The highest BCUT2D eigenvalue weighted by Crippen LogP contribution is 2.02. The van der Waals surface area contributed by atoms with Crippen LogP contribution in [0.4, 0.5) is 0 Å². The van der Waals surface area contributed by atoms with Crippen LogP contribution in [0.1, 0.15) is 13.8 Å². The lowest BCUT2D eigenvalue weighted by Crippen LogP contribution is -2.16. The van der Waals surface area contributed by atoms with Crippen LogP contribution in [0.5, 0.6) is 0 Å². The molecule has 1 heterocycles. The first kappa shape index (κ1) is 7.92. The summed E-state index contributed by atoms with van der Waals surface area (Å²) in [6.07, 6.45) is 1.27. The summed E-state index contributed by atoms with van der Waals surface area (Å²) in [5.41, 5.74) is 5.39. The first-order valence-corrected chi connectivity index (χ1v) is 2.84. The third-order valence-electron chi connectivity index (χ3n) is 1.50. The van der Waals surface area contributed by atoms with Gasteiger partial charge in [0.25, 0.3) is 0 Å². The molecule has 0 amide bonds. The Bertz CT molecular complexity index is 48.5. The molecule has 0 saturated carbocycles. The summed E-state index contributed by atoms with van der Waals surface area (Å²) in [6, 6.07) is 0. The summed E-state index contributed by atoms with van der Waals surface area (Å²) in [5, 5.41) is 3.24. The molecule has 0 spiro atoms. The molecule has 1 rings (SSSR count). The van der Waals surface area contributed by atoms with Crippen LogP contribution < -0.4 is 11.1 Å². The maximum absolute atomic E-state index is 5.39. The molecular formula is C6H16N2. The van der Waals surface area contributed by atoms with E-state index >= 15 is 0 Å². The van der Waals surface area contributed by atoms with E-state index < -0.39 is 0 Å². The van der Waals surface area contributed by atoms with Gasteiger partial charge in [-0.3, -0.25) is 0 Å². The predicted octanol–water partition coefficient (Wildman–Crippen LogP) is 0.191. The molecule has 1 aliphatic heterocycles. The molecule has 2 heteroatoms. The Morgan fingerprint density at radius 2 is 2.38 bits per heavy atom. The third-order valence-corrected chi connectivity index (χ3v) is 1.50. The van der Waals surface area contributed by atoms with Gasteiger partial charge in [0.1, 0.15) is 0 Å². The quantitative estimate of drug-likeness (QED) is 0.513. The number of nitrogens with one attached hydrogen (secondary N) is 1. The van der Waals surface area contributed by atoms with E-state index in [0.29, 0.717) is 0 Å². The van der Waals surface area contributed by atoms with Crippen molar-refractivity contribution in [3.8, 4) is 0 Å². The number of nitrogens with two attached hydrogens (primary N) is 1. The molecule has 0 bridgehead atoms. The van der Waals surface area contributed by atoms with Gasteiger partial charge in [0.15, 0.2) is 0 Å². The molecule has 2 nitrogen and oxygen atoms in total. The molecule has 0 aromatic carbocycles. The van der Waals surface area contributed by atoms with Crippen molar-refractivity contribution in [2.24, 2.45) is 11.7 Å². The van der Waals surface area contributed by atoms with E-state index in [1.165, 1.54) is 13.0 Å². The number of hydrogen-bond donors (Lipinski definition) is 2. The van der Waals surface area contributed by atoms with Crippen molar-refractivity contribution < 1.29 is 0 Å². The van der Waals surface area contributed by atoms with Crippen LogP contribution in [0.25, 0.3) is 0 Å². The smallest absolute Gasteiger partial charge is 0.000798 e. The predicted molar refractivity (Wildman–Crippen MR) is 36.8 cm³/mol. The van der Waals surface area contributed by atoms with Gasteiger partial charge in [0.05, 0.1) is 0 Å². The van der Waals surface area contributed by atoms with Crippen molar-refractivity contribution in [3.63, 3.8) is 0 Å². The SMILES string of the molecule is C.NCC1CCNC1. The van der Waals surface area contributed by atoms with Crippen LogP contribution in [0, 0.1) is 5.92 Å². The van der Waals surface area contributed by atoms with Crippen LogP contribution in [0.2, 0.25) is 0 Å². The molecule has 0 aliphatic carbocycles. The second kappa shape index (κ2) is 3.87. The van der Waals surface area contributed by atoms with Gasteiger partial charge < -0.3 is 11.1 Å². The maximum Gasteiger partial charge on any atom is -0.000798 e. The Balaban J connectivity index is 0.000000490. The fourth-order valence-corrected chi connectivity index (χ4v) is 0.916. The van der Waals surface area contributed by atoms with Crippen molar-refractivity contribution in [2.75, 3.05) is 19.6 Å². The van der Waals surface area contributed by atoms with Crippen molar-refractivity contribution in [1.29, 1.82) is 0 Å². The minimum atomic E-state index is 0. The minimum absolute atomic E-state index is 0. The Kier molecular flexibility index (Phi) is 3.83. The largest absolute Gasteiger partial charge is 0.330 e.